The molecule has 5 rings (SSSR count). The molecule has 0 unspecified atom stereocenters. The second kappa shape index (κ2) is 12.8. The van der Waals surface area contributed by atoms with E-state index in [2.05, 4.69) is 15.5 Å². The van der Waals surface area contributed by atoms with Crippen LogP contribution in [0.25, 0.3) is 0 Å². The Kier molecular flexibility index (Phi) is 8.90. The summed E-state index contributed by atoms with van der Waals surface area (Å²) in [6, 6.07) is 8.25. The van der Waals surface area contributed by atoms with Gasteiger partial charge in [-0.2, -0.15) is 0 Å². The van der Waals surface area contributed by atoms with Gasteiger partial charge >= 0.3 is 0 Å². The molecule has 0 spiro atoms. The molecule has 43 heavy (non-hydrogen) atoms. The van der Waals surface area contributed by atoms with Crippen LogP contribution in [0.3, 0.4) is 0 Å². The van der Waals surface area contributed by atoms with Gasteiger partial charge in [-0.1, -0.05) is 47.1 Å². The fourth-order valence-electron chi connectivity index (χ4n) is 4.93. The van der Waals surface area contributed by atoms with E-state index in [1.54, 1.807) is 29.2 Å². The molecule has 3 aromatic rings. The van der Waals surface area contributed by atoms with Gasteiger partial charge in [0.2, 0.25) is 11.3 Å². The summed E-state index contributed by atoms with van der Waals surface area (Å²) in [6.07, 6.45) is 2.65. The summed E-state index contributed by atoms with van der Waals surface area (Å²) >= 11 is 5.63. The van der Waals surface area contributed by atoms with Crippen molar-refractivity contribution in [2.45, 2.75) is 45.0 Å². The minimum atomic E-state index is -1.13. The van der Waals surface area contributed by atoms with Crippen molar-refractivity contribution in [2.24, 2.45) is 5.16 Å². The molecule has 2 aliphatic heterocycles. The maximum Gasteiger partial charge on any atom is 0.274 e. The largest absolute Gasteiger partial charge is 0.483 e. The number of aromatic nitrogens is 2. The Morgan fingerprint density at radius 1 is 1.23 bits per heavy atom. The second-order valence-electron chi connectivity index (χ2n) is 10.1. The summed E-state index contributed by atoms with van der Waals surface area (Å²) in [4.78, 5) is 51.8. The van der Waals surface area contributed by atoms with E-state index in [1.807, 2.05) is 13.0 Å². The zero-order valence-corrected chi connectivity index (χ0v) is 24.1. The van der Waals surface area contributed by atoms with Crippen LogP contribution in [0.4, 0.5) is 8.78 Å². The van der Waals surface area contributed by atoms with Gasteiger partial charge in [0, 0.05) is 31.6 Å². The number of amides is 2. The lowest BCUT2D eigenvalue weighted by atomic mass is 10.0. The van der Waals surface area contributed by atoms with Crippen LogP contribution in [0.5, 0.6) is 5.75 Å². The highest BCUT2D eigenvalue weighted by Crippen LogP contribution is 2.32. The zero-order chi connectivity index (χ0) is 30.7. The number of benzene rings is 1. The topological polar surface area (TPSA) is 124 Å². The maximum absolute atomic E-state index is 14.4. The summed E-state index contributed by atoms with van der Waals surface area (Å²) in [6.45, 7) is 1.82. The fourth-order valence-corrected chi connectivity index (χ4v) is 5.08. The van der Waals surface area contributed by atoms with E-state index in [4.69, 9.17) is 25.9 Å². The number of hydrogen-bond acceptors (Lipinski definition) is 8. The third kappa shape index (κ3) is 6.17. The van der Waals surface area contributed by atoms with E-state index in [9.17, 15) is 23.2 Å². The average Bonchev–Trinajstić information content (AvgIpc) is 3.01. The van der Waals surface area contributed by atoms with Gasteiger partial charge in [-0.15, -0.1) is 0 Å². The van der Waals surface area contributed by atoms with Crippen LogP contribution in [0, 0.1) is 11.6 Å². The van der Waals surface area contributed by atoms with E-state index in [0.717, 1.165) is 11.8 Å². The monoisotopic (exact) mass is 615 g/mol. The number of rotatable bonds is 6. The summed E-state index contributed by atoms with van der Waals surface area (Å²) < 4.78 is 40.9. The van der Waals surface area contributed by atoms with Gasteiger partial charge in [-0.05, 0) is 12.5 Å². The number of oxime groups is 1. The average molecular weight is 616 g/mol. The van der Waals surface area contributed by atoms with Crippen LogP contribution < -0.4 is 15.5 Å². The summed E-state index contributed by atoms with van der Waals surface area (Å²) in [5, 5.41) is 5.73. The number of nitrogens with zero attached hydrogens (tertiary/aromatic N) is 4. The van der Waals surface area contributed by atoms with Crippen molar-refractivity contribution >= 4 is 29.3 Å². The minimum Gasteiger partial charge on any atom is -0.483 e. The van der Waals surface area contributed by atoms with Crippen LogP contribution in [-0.2, 0) is 22.7 Å². The van der Waals surface area contributed by atoms with Crippen molar-refractivity contribution in [3.05, 3.63) is 92.1 Å². The Hall–Kier alpha value is -4.52. The zero-order valence-electron chi connectivity index (χ0n) is 23.3. The lowest BCUT2D eigenvalue weighted by Gasteiger charge is -2.40. The molecule has 0 saturated carbocycles. The number of nitrogens with one attached hydrogen (secondary N) is 1. The summed E-state index contributed by atoms with van der Waals surface area (Å²) in [7, 11) is 1.44. The number of carbonyl (C=O) groups is 2. The SMILES string of the molecule is CO/C1=N/OCC[C@H](C)N2C[C@H](C1)n1cc(C(=O)NCc3ncc(F)c(Cl)c3F)c(=O)c(OCc3ccccc3)c1C2=O. The van der Waals surface area contributed by atoms with Crippen molar-refractivity contribution in [1.29, 1.82) is 0 Å². The maximum atomic E-state index is 14.4. The molecule has 0 radical (unpaired) electrons. The van der Waals surface area contributed by atoms with Crippen LogP contribution in [0.15, 0.2) is 52.7 Å². The van der Waals surface area contributed by atoms with Crippen LogP contribution in [0.2, 0.25) is 5.02 Å². The highest BCUT2D eigenvalue weighted by Gasteiger charge is 2.39. The van der Waals surface area contributed by atoms with Crippen LogP contribution in [0.1, 0.15) is 57.9 Å². The molecular weight excluding hydrogens is 588 g/mol. The van der Waals surface area contributed by atoms with E-state index < -0.39 is 46.5 Å². The van der Waals surface area contributed by atoms with Gasteiger partial charge in [-0.25, -0.2) is 8.78 Å². The van der Waals surface area contributed by atoms with Crippen LogP contribution in [-0.4, -0.2) is 58.5 Å². The first-order valence-electron chi connectivity index (χ1n) is 13.5. The first-order valence-corrected chi connectivity index (χ1v) is 13.8. The predicted octanol–water partition coefficient (Wildman–Crippen LogP) is 3.84. The standard InChI is InChI=1S/C29H28ClF2N5O6/c1-16-8-9-43-35-22(41-2)10-18-13-36(16)29(40)25-27(42-15-17-6-4-3-5-7-17)26(38)19(14-37(18)25)28(39)34-12-21-24(32)23(30)20(31)11-33-21/h3-7,11,14,16,18H,8-10,12-13,15H2,1-2H3,(H,34,39)/b35-22+/t16-,18-/m0/s1. The molecule has 2 atom stereocenters. The predicted molar refractivity (Wildman–Crippen MR) is 151 cm³/mol. The van der Waals surface area contributed by atoms with Crippen molar-refractivity contribution < 1.29 is 32.7 Å². The first kappa shape index (κ1) is 30.0. The molecule has 2 amide bonds. The fraction of sp³-hybridized carbons (Fsp3) is 0.345. The highest BCUT2D eigenvalue weighted by molar-refractivity contribution is 6.30. The van der Waals surface area contributed by atoms with E-state index in [-0.39, 0.29) is 60.8 Å². The molecule has 226 valence electrons. The van der Waals surface area contributed by atoms with Gasteiger partial charge in [0.15, 0.2) is 23.1 Å². The number of halogens is 3. The lowest BCUT2D eigenvalue weighted by Crippen LogP contribution is -2.50. The molecule has 0 saturated heterocycles. The Balaban J connectivity index is 1.59. The Morgan fingerprint density at radius 2 is 2.00 bits per heavy atom. The molecule has 0 aliphatic carbocycles. The van der Waals surface area contributed by atoms with E-state index in [1.165, 1.54) is 17.9 Å². The van der Waals surface area contributed by atoms with Gasteiger partial charge in [0.1, 0.15) is 23.8 Å². The Bertz CT molecular complexity index is 1630. The molecule has 2 aliphatic rings. The molecule has 14 heteroatoms. The van der Waals surface area contributed by atoms with Gasteiger partial charge in [-0.3, -0.25) is 19.4 Å². The highest BCUT2D eigenvalue weighted by atomic mass is 35.5. The quantitative estimate of drug-likeness (QED) is 0.447. The number of fused-ring (bicyclic) bond motifs is 4. The number of methoxy groups -OCH3 is 1. The van der Waals surface area contributed by atoms with Gasteiger partial charge in [0.05, 0.1) is 31.6 Å². The molecule has 1 N–H and O–H groups in total. The molecule has 4 heterocycles. The third-order valence-electron chi connectivity index (χ3n) is 7.30. The minimum absolute atomic E-state index is 0.0180. The lowest BCUT2D eigenvalue weighted by molar-refractivity contribution is 0.0476. The molecule has 11 nitrogen and oxygen atoms in total. The normalized spacial score (nSPS) is 19.4. The third-order valence-corrected chi connectivity index (χ3v) is 7.65. The number of hydrogen-bond donors (Lipinski definition) is 1. The summed E-state index contributed by atoms with van der Waals surface area (Å²) in [5.74, 6) is -3.57. The number of carbonyl (C=O) groups excluding carboxylic acids is 2. The molecule has 2 aromatic heterocycles. The number of ether oxygens (including phenoxy) is 2. The van der Waals surface area contributed by atoms with Gasteiger partial charge < -0.3 is 29.1 Å². The first-order chi connectivity index (χ1) is 20.7. The van der Waals surface area contributed by atoms with E-state index >= 15 is 0 Å². The van der Waals surface area contributed by atoms with Gasteiger partial charge in [0.25, 0.3) is 11.8 Å². The second-order valence-corrected chi connectivity index (χ2v) is 10.4. The van der Waals surface area contributed by atoms with E-state index in [0.29, 0.717) is 6.42 Å². The Morgan fingerprint density at radius 3 is 2.74 bits per heavy atom. The number of pyridine rings is 2. The van der Waals surface area contributed by atoms with Crippen molar-refractivity contribution in [3.8, 4) is 5.75 Å². The molecular formula is C29H28ClF2N5O6. The van der Waals surface area contributed by atoms with Crippen molar-refractivity contribution in [3.63, 3.8) is 0 Å². The molecule has 1 aromatic carbocycles. The molecule has 0 fully saturated rings. The smallest absolute Gasteiger partial charge is 0.274 e. The molecule has 2 bridgehead atoms. The van der Waals surface area contributed by atoms with Crippen molar-refractivity contribution in [1.82, 2.24) is 19.8 Å². The van der Waals surface area contributed by atoms with Crippen LogP contribution >= 0.6 is 11.6 Å². The Labute approximate surface area is 250 Å². The summed E-state index contributed by atoms with van der Waals surface area (Å²) in [5.41, 5.74) is -0.806. The van der Waals surface area contributed by atoms with Crippen molar-refractivity contribution in [2.75, 3.05) is 20.3 Å².